The number of likely N-dealkylation sites (N-methyl/N-ethyl adjacent to an activating group) is 1. The molecule has 0 saturated heterocycles. The van der Waals surface area contributed by atoms with Gasteiger partial charge in [0.15, 0.2) is 0 Å². The molecule has 0 bridgehead atoms. The summed E-state index contributed by atoms with van der Waals surface area (Å²) in [6.45, 7) is 8.08. The van der Waals surface area contributed by atoms with Crippen LogP contribution in [0.2, 0.25) is 0 Å². The van der Waals surface area contributed by atoms with Gasteiger partial charge in [-0.15, -0.1) is 0 Å². The number of benzene rings is 2. The minimum Gasteiger partial charge on any atom is -0.387 e. The first-order valence-electron chi connectivity index (χ1n) is 10.0. The third-order valence-corrected chi connectivity index (χ3v) is 5.10. The quantitative estimate of drug-likeness (QED) is 0.577. The molecule has 3 rings (SSSR count). The van der Waals surface area contributed by atoms with Crippen LogP contribution in [0.1, 0.15) is 42.0 Å². The first kappa shape index (κ1) is 21.1. The lowest BCUT2D eigenvalue weighted by Crippen LogP contribution is -2.29. The molecule has 0 aliphatic heterocycles. The maximum atomic E-state index is 13.7. The zero-order valence-corrected chi connectivity index (χ0v) is 17.2. The highest BCUT2D eigenvalue weighted by molar-refractivity contribution is 5.54. The van der Waals surface area contributed by atoms with Gasteiger partial charge in [0.1, 0.15) is 5.82 Å². The summed E-state index contributed by atoms with van der Waals surface area (Å²) in [4.78, 5) is 6.58. The normalized spacial score (nSPS) is 12.5. The molecule has 0 fully saturated rings. The second kappa shape index (κ2) is 9.76. The average Bonchev–Trinajstić information content (AvgIpc) is 3.18. The minimum atomic E-state index is -0.512. The summed E-state index contributed by atoms with van der Waals surface area (Å²) in [6.07, 6.45) is 0.957. The lowest BCUT2D eigenvalue weighted by molar-refractivity contribution is 0.115. The van der Waals surface area contributed by atoms with Crippen molar-refractivity contribution in [1.82, 2.24) is 15.0 Å². The van der Waals surface area contributed by atoms with E-state index in [2.05, 4.69) is 22.0 Å². The molecule has 0 amide bonds. The third-order valence-electron chi connectivity index (χ3n) is 5.10. The summed E-state index contributed by atoms with van der Waals surface area (Å²) in [6, 6.07) is 12.9. The summed E-state index contributed by atoms with van der Waals surface area (Å²) >= 11 is 0. The van der Waals surface area contributed by atoms with E-state index in [1.54, 1.807) is 19.1 Å². The zero-order chi connectivity index (χ0) is 20.8. The van der Waals surface area contributed by atoms with Crippen molar-refractivity contribution in [2.24, 2.45) is 0 Å². The molecule has 154 valence electrons. The number of aliphatic hydroxyl groups excluding tert-OH is 1. The van der Waals surface area contributed by atoms with Gasteiger partial charge in [-0.3, -0.25) is 0 Å². The Morgan fingerprint density at radius 1 is 1.14 bits per heavy atom. The molecular formula is C23H28FN3O2. The van der Waals surface area contributed by atoms with Crippen molar-refractivity contribution in [2.75, 3.05) is 19.6 Å². The second-order valence-corrected chi connectivity index (χ2v) is 7.40. The SMILES string of the molecule is CCN(CCCc1nc(-c2ccc(C)c(F)c2)no1)CC(O)c1ccc(C)cc1. The van der Waals surface area contributed by atoms with Crippen LogP contribution in [-0.4, -0.2) is 39.8 Å². The van der Waals surface area contributed by atoms with E-state index in [0.29, 0.717) is 35.8 Å². The number of hydrogen-bond donors (Lipinski definition) is 1. The van der Waals surface area contributed by atoms with Crippen LogP contribution in [0, 0.1) is 19.7 Å². The molecule has 2 aromatic carbocycles. The van der Waals surface area contributed by atoms with E-state index in [1.165, 1.54) is 11.6 Å². The summed E-state index contributed by atoms with van der Waals surface area (Å²) in [7, 11) is 0. The van der Waals surface area contributed by atoms with Crippen LogP contribution in [-0.2, 0) is 6.42 Å². The maximum Gasteiger partial charge on any atom is 0.227 e. The molecule has 6 heteroatoms. The van der Waals surface area contributed by atoms with Gasteiger partial charge in [0.05, 0.1) is 6.10 Å². The Hall–Kier alpha value is -2.57. The minimum absolute atomic E-state index is 0.278. The fraction of sp³-hybridized carbons (Fsp3) is 0.391. The van der Waals surface area contributed by atoms with Gasteiger partial charge >= 0.3 is 0 Å². The lowest BCUT2D eigenvalue weighted by atomic mass is 10.1. The number of aromatic nitrogens is 2. The second-order valence-electron chi connectivity index (χ2n) is 7.40. The van der Waals surface area contributed by atoms with Gasteiger partial charge in [-0.05, 0) is 50.6 Å². The number of aryl methyl sites for hydroxylation is 3. The molecule has 1 heterocycles. The topological polar surface area (TPSA) is 62.4 Å². The van der Waals surface area contributed by atoms with E-state index >= 15 is 0 Å². The molecule has 0 spiro atoms. The van der Waals surface area contributed by atoms with Gasteiger partial charge in [-0.1, -0.05) is 54.0 Å². The van der Waals surface area contributed by atoms with E-state index < -0.39 is 6.10 Å². The molecule has 0 saturated carbocycles. The number of nitrogens with zero attached hydrogens (tertiary/aromatic N) is 3. The van der Waals surface area contributed by atoms with E-state index in [4.69, 9.17) is 4.52 Å². The Kier molecular flexibility index (Phi) is 7.12. The van der Waals surface area contributed by atoms with Crippen molar-refractivity contribution in [1.29, 1.82) is 0 Å². The number of rotatable bonds is 9. The number of hydrogen-bond acceptors (Lipinski definition) is 5. The largest absolute Gasteiger partial charge is 0.387 e. The molecular weight excluding hydrogens is 369 g/mol. The Labute approximate surface area is 171 Å². The van der Waals surface area contributed by atoms with Crippen LogP contribution in [0.25, 0.3) is 11.4 Å². The molecule has 0 radical (unpaired) electrons. The fourth-order valence-electron chi connectivity index (χ4n) is 3.18. The van der Waals surface area contributed by atoms with Gasteiger partial charge in [-0.25, -0.2) is 4.39 Å². The van der Waals surface area contributed by atoms with Gasteiger partial charge < -0.3 is 14.5 Å². The van der Waals surface area contributed by atoms with Crippen LogP contribution in [0.3, 0.4) is 0 Å². The molecule has 0 aliphatic carbocycles. The average molecular weight is 397 g/mol. The van der Waals surface area contributed by atoms with Crippen molar-refractivity contribution in [3.05, 3.63) is 70.9 Å². The fourth-order valence-corrected chi connectivity index (χ4v) is 3.18. The van der Waals surface area contributed by atoms with Crippen molar-refractivity contribution in [3.8, 4) is 11.4 Å². The van der Waals surface area contributed by atoms with Crippen molar-refractivity contribution >= 4 is 0 Å². The van der Waals surface area contributed by atoms with Crippen LogP contribution >= 0.6 is 0 Å². The molecule has 29 heavy (non-hydrogen) atoms. The Morgan fingerprint density at radius 3 is 2.59 bits per heavy atom. The van der Waals surface area contributed by atoms with Gasteiger partial charge in [-0.2, -0.15) is 4.98 Å². The smallest absolute Gasteiger partial charge is 0.227 e. The van der Waals surface area contributed by atoms with Crippen molar-refractivity contribution in [3.63, 3.8) is 0 Å². The van der Waals surface area contributed by atoms with Crippen LogP contribution in [0.15, 0.2) is 47.0 Å². The highest BCUT2D eigenvalue weighted by atomic mass is 19.1. The highest BCUT2D eigenvalue weighted by Crippen LogP contribution is 2.20. The Morgan fingerprint density at radius 2 is 1.90 bits per heavy atom. The van der Waals surface area contributed by atoms with Gasteiger partial charge in [0.25, 0.3) is 0 Å². The molecule has 1 unspecified atom stereocenters. The number of halogens is 1. The van der Waals surface area contributed by atoms with E-state index in [0.717, 1.165) is 25.1 Å². The Balaban J connectivity index is 1.51. The molecule has 3 aromatic rings. The van der Waals surface area contributed by atoms with Gasteiger partial charge in [0, 0.05) is 18.5 Å². The standard InChI is InChI=1S/C23H28FN3O2/c1-4-27(15-21(28)18-10-7-16(2)8-11-18)13-5-6-22-25-23(26-29-22)19-12-9-17(3)20(24)14-19/h7-12,14,21,28H,4-6,13,15H2,1-3H3. The first-order chi connectivity index (χ1) is 14.0. The highest BCUT2D eigenvalue weighted by Gasteiger charge is 2.14. The summed E-state index contributed by atoms with van der Waals surface area (Å²) in [5, 5.41) is 14.5. The van der Waals surface area contributed by atoms with E-state index in [1.807, 2.05) is 31.2 Å². The van der Waals surface area contributed by atoms with Crippen molar-refractivity contribution in [2.45, 2.75) is 39.7 Å². The predicted molar refractivity (Wildman–Crippen MR) is 111 cm³/mol. The molecule has 1 atom stereocenters. The summed E-state index contributed by atoms with van der Waals surface area (Å²) < 4.78 is 19.1. The van der Waals surface area contributed by atoms with Crippen LogP contribution in [0.4, 0.5) is 4.39 Å². The summed E-state index contributed by atoms with van der Waals surface area (Å²) in [5.74, 6) is 0.664. The van der Waals surface area contributed by atoms with E-state index in [-0.39, 0.29) is 5.82 Å². The lowest BCUT2D eigenvalue weighted by Gasteiger charge is -2.23. The molecule has 1 N–H and O–H groups in total. The summed E-state index contributed by atoms with van der Waals surface area (Å²) in [5.41, 5.74) is 3.31. The monoisotopic (exact) mass is 397 g/mol. The predicted octanol–water partition coefficient (Wildman–Crippen LogP) is 4.48. The van der Waals surface area contributed by atoms with E-state index in [9.17, 15) is 9.50 Å². The zero-order valence-electron chi connectivity index (χ0n) is 17.2. The van der Waals surface area contributed by atoms with Crippen molar-refractivity contribution < 1.29 is 14.0 Å². The maximum absolute atomic E-state index is 13.7. The molecule has 5 nitrogen and oxygen atoms in total. The number of aliphatic hydroxyl groups is 1. The van der Waals surface area contributed by atoms with Crippen LogP contribution < -0.4 is 0 Å². The Bertz CT molecular complexity index is 924. The first-order valence-corrected chi connectivity index (χ1v) is 10.0. The molecule has 1 aromatic heterocycles. The molecule has 0 aliphatic rings. The third kappa shape index (κ3) is 5.71. The van der Waals surface area contributed by atoms with Crippen LogP contribution in [0.5, 0.6) is 0 Å². The van der Waals surface area contributed by atoms with Gasteiger partial charge in [0.2, 0.25) is 11.7 Å².